The summed E-state index contributed by atoms with van der Waals surface area (Å²) in [5.74, 6) is -3.75. The van der Waals surface area contributed by atoms with Crippen LogP contribution in [0.1, 0.15) is 30.7 Å². The van der Waals surface area contributed by atoms with Crippen LogP contribution >= 0.6 is 0 Å². The van der Waals surface area contributed by atoms with Gasteiger partial charge in [-0.05, 0) is 17.7 Å². The van der Waals surface area contributed by atoms with Crippen molar-refractivity contribution in [2.75, 3.05) is 18.0 Å². The second kappa shape index (κ2) is 9.23. The molecule has 9 heteroatoms. The number of benzene rings is 2. The topological polar surface area (TPSA) is 121 Å². The lowest BCUT2D eigenvalue weighted by Gasteiger charge is -2.43. The number of nitrogens with two attached hydrogens (primary N) is 1. The van der Waals surface area contributed by atoms with E-state index in [4.69, 9.17) is 5.73 Å². The molecule has 2 aromatic rings. The van der Waals surface area contributed by atoms with Gasteiger partial charge in [0.25, 0.3) is 0 Å². The number of piperidine rings is 1. The van der Waals surface area contributed by atoms with Crippen LogP contribution in [-0.2, 0) is 24.0 Å². The molecular formula is C24H24N4O5. The predicted molar refractivity (Wildman–Crippen MR) is 118 cm³/mol. The van der Waals surface area contributed by atoms with Gasteiger partial charge < -0.3 is 15.5 Å². The van der Waals surface area contributed by atoms with E-state index in [2.05, 4.69) is 0 Å². The molecule has 2 aromatic carbocycles. The molecule has 0 spiro atoms. The first-order chi connectivity index (χ1) is 15.9. The van der Waals surface area contributed by atoms with Crippen molar-refractivity contribution in [2.45, 2.75) is 31.3 Å². The molecule has 2 aliphatic heterocycles. The molecule has 33 heavy (non-hydrogen) atoms. The van der Waals surface area contributed by atoms with Gasteiger partial charge in [0.2, 0.25) is 17.7 Å². The SMILES string of the molecule is NC(=O)CC(N1CCN(c2ccccc2)C(=O)C1=O)N1C(=O)CC(c2ccccc2)CC1=O. The van der Waals surface area contributed by atoms with Crippen molar-refractivity contribution in [1.29, 1.82) is 0 Å². The molecule has 2 fully saturated rings. The lowest BCUT2D eigenvalue weighted by atomic mass is 9.88. The number of anilines is 1. The molecule has 4 rings (SSSR count). The maximum atomic E-state index is 13.0. The van der Waals surface area contributed by atoms with Gasteiger partial charge in [-0.25, -0.2) is 0 Å². The predicted octanol–water partition coefficient (Wildman–Crippen LogP) is 0.996. The Labute approximate surface area is 190 Å². The third-order valence-electron chi connectivity index (χ3n) is 6.01. The number of likely N-dealkylation sites (tertiary alicyclic amines) is 1. The van der Waals surface area contributed by atoms with Gasteiger partial charge in [-0.1, -0.05) is 48.5 Å². The second-order valence-electron chi connectivity index (χ2n) is 8.12. The third-order valence-corrected chi connectivity index (χ3v) is 6.01. The average molecular weight is 448 g/mol. The van der Waals surface area contributed by atoms with E-state index in [0.29, 0.717) is 5.69 Å². The normalized spacial score (nSPS) is 18.6. The Hall–Kier alpha value is -4.01. The lowest BCUT2D eigenvalue weighted by Crippen LogP contribution is -2.64. The Kier molecular flexibility index (Phi) is 6.21. The minimum absolute atomic E-state index is 0.0522. The zero-order valence-corrected chi connectivity index (χ0v) is 17.9. The number of hydrogen-bond acceptors (Lipinski definition) is 5. The molecule has 2 N–H and O–H groups in total. The van der Waals surface area contributed by atoms with Crippen LogP contribution in [0, 0.1) is 0 Å². The zero-order chi connectivity index (χ0) is 23.5. The standard InChI is InChI=1S/C24H24N4O5/c25-19(29)15-20(27-12-11-26(23(32)24(27)33)18-9-5-2-6-10-18)28-21(30)13-17(14-22(28)31)16-7-3-1-4-8-16/h1-10,17,20H,11-15H2,(H2,25,29). The highest BCUT2D eigenvalue weighted by Crippen LogP contribution is 2.32. The minimum atomic E-state index is -1.23. The number of para-hydroxylation sites is 1. The van der Waals surface area contributed by atoms with E-state index in [1.807, 2.05) is 30.3 Å². The largest absolute Gasteiger partial charge is 0.370 e. The van der Waals surface area contributed by atoms with Crippen molar-refractivity contribution < 1.29 is 24.0 Å². The Morgan fingerprint density at radius 3 is 2.00 bits per heavy atom. The molecule has 0 radical (unpaired) electrons. The van der Waals surface area contributed by atoms with Gasteiger partial charge in [-0.3, -0.25) is 28.9 Å². The van der Waals surface area contributed by atoms with Crippen molar-refractivity contribution >= 4 is 35.2 Å². The number of hydrogen-bond donors (Lipinski definition) is 1. The van der Waals surface area contributed by atoms with E-state index in [0.717, 1.165) is 15.4 Å². The van der Waals surface area contributed by atoms with Gasteiger partial charge in [-0.2, -0.15) is 0 Å². The van der Waals surface area contributed by atoms with Gasteiger partial charge in [0, 0.05) is 37.5 Å². The fourth-order valence-electron chi connectivity index (χ4n) is 4.43. The van der Waals surface area contributed by atoms with Gasteiger partial charge in [0.05, 0.1) is 6.42 Å². The van der Waals surface area contributed by atoms with Gasteiger partial charge >= 0.3 is 11.8 Å². The quantitative estimate of drug-likeness (QED) is 0.522. The average Bonchev–Trinajstić information content (AvgIpc) is 2.80. The lowest BCUT2D eigenvalue weighted by molar-refractivity contribution is -0.163. The monoisotopic (exact) mass is 448 g/mol. The first-order valence-corrected chi connectivity index (χ1v) is 10.7. The molecule has 170 valence electrons. The van der Waals surface area contributed by atoms with Crippen LogP contribution in [0.15, 0.2) is 60.7 Å². The molecular weight excluding hydrogens is 424 g/mol. The van der Waals surface area contributed by atoms with E-state index in [9.17, 15) is 24.0 Å². The molecule has 9 nitrogen and oxygen atoms in total. The van der Waals surface area contributed by atoms with E-state index in [1.54, 1.807) is 30.3 Å². The molecule has 0 aliphatic carbocycles. The van der Waals surface area contributed by atoms with E-state index < -0.39 is 42.1 Å². The molecule has 0 saturated carbocycles. The second-order valence-corrected chi connectivity index (χ2v) is 8.12. The fraction of sp³-hybridized carbons (Fsp3) is 0.292. The summed E-state index contributed by atoms with van der Waals surface area (Å²) in [7, 11) is 0. The van der Waals surface area contributed by atoms with Crippen molar-refractivity contribution in [1.82, 2.24) is 9.80 Å². The molecule has 1 atom stereocenters. The summed E-state index contributed by atoms with van der Waals surface area (Å²) in [4.78, 5) is 67.1. The summed E-state index contributed by atoms with van der Waals surface area (Å²) in [5.41, 5.74) is 6.83. The van der Waals surface area contributed by atoms with Crippen molar-refractivity contribution in [2.24, 2.45) is 5.73 Å². The first kappa shape index (κ1) is 22.2. The molecule has 0 bridgehead atoms. The number of carbonyl (C=O) groups excluding carboxylic acids is 5. The van der Waals surface area contributed by atoms with Gasteiger partial charge in [0.1, 0.15) is 6.17 Å². The summed E-state index contributed by atoms with van der Waals surface area (Å²) in [6, 6.07) is 18.0. The van der Waals surface area contributed by atoms with Crippen molar-refractivity contribution in [3.05, 3.63) is 66.2 Å². The van der Waals surface area contributed by atoms with Gasteiger partial charge in [-0.15, -0.1) is 0 Å². The maximum Gasteiger partial charge on any atom is 0.316 e. The summed E-state index contributed by atoms with van der Waals surface area (Å²) in [5, 5.41) is 0. The molecule has 2 saturated heterocycles. The van der Waals surface area contributed by atoms with Crippen LogP contribution in [-0.4, -0.2) is 58.6 Å². The summed E-state index contributed by atoms with van der Waals surface area (Å²) < 4.78 is 0. The van der Waals surface area contributed by atoms with Crippen LogP contribution < -0.4 is 10.6 Å². The van der Waals surface area contributed by atoms with Crippen LogP contribution in [0.3, 0.4) is 0 Å². The van der Waals surface area contributed by atoms with Crippen molar-refractivity contribution in [3.63, 3.8) is 0 Å². The van der Waals surface area contributed by atoms with Crippen LogP contribution in [0.25, 0.3) is 0 Å². The number of imide groups is 1. The molecule has 2 aliphatic rings. The Balaban J connectivity index is 1.57. The highest BCUT2D eigenvalue weighted by atomic mass is 16.2. The van der Waals surface area contributed by atoms with Crippen LogP contribution in [0.2, 0.25) is 0 Å². The van der Waals surface area contributed by atoms with Crippen LogP contribution in [0.4, 0.5) is 5.69 Å². The Morgan fingerprint density at radius 2 is 1.42 bits per heavy atom. The fourth-order valence-corrected chi connectivity index (χ4v) is 4.43. The Bertz CT molecular complexity index is 1070. The molecule has 0 aromatic heterocycles. The first-order valence-electron chi connectivity index (χ1n) is 10.7. The highest BCUT2D eigenvalue weighted by Gasteiger charge is 2.45. The smallest absolute Gasteiger partial charge is 0.316 e. The molecule has 1 unspecified atom stereocenters. The summed E-state index contributed by atoms with van der Waals surface area (Å²) >= 11 is 0. The zero-order valence-electron chi connectivity index (χ0n) is 17.9. The van der Waals surface area contributed by atoms with Gasteiger partial charge in [0.15, 0.2) is 0 Å². The number of rotatable bonds is 6. The number of piperazine rings is 1. The summed E-state index contributed by atoms with van der Waals surface area (Å²) in [6.07, 6.45) is -1.56. The Morgan fingerprint density at radius 1 is 0.848 bits per heavy atom. The van der Waals surface area contributed by atoms with E-state index >= 15 is 0 Å². The molecule has 2 heterocycles. The maximum absolute atomic E-state index is 13.0. The summed E-state index contributed by atoms with van der Waals surface area (Å²) in [6.45, 7) is 0.212. The number of primary amides is 1. The van der Waals surface area contributed by atoms with Crippen LogP contribution in [0.5, 0.6) is 0 Å². The molecule has 5 amide bonds. The van der Waals surface area contributed by atoms with Crippen molar-refractivity contribution in [3.8, 4) is 0 Å². The minimum Gasteiger partial charge on any atom is -0.370 e. The number of carbonyl (C=O) groups is 5. The third kappa shape index (κ3) is 4.48. The van der Waals surface area contributed by atoms with E-state index in [1.165, 1.54) is 4.90 Å². The number of nitrogens with zero attached hydrogens (tertiary/aromatic N) is 3. The highest BCUT2D eigenvalue weighted by molar-refractivity contribution is 6.41. The van der Waals surface area contributed by atoms with E-state index in [-0.39, 0.29) is 31.8 Å². The number of amides is 5.